The van der Waals surface area contributed by atoms with E-state index in [1.807, 2.05) is 30.3 Å². The first-order valence-electron chi connectivity index (χ1n) is 6.70. The van der Waals surface area contributed by atoms with Crippen molar-refractivity contribution in [1.82, 2.24) is 10.2 Å². The molecule has 0 bridgehead atoms. The fourth-order valence-electron chi connectivity index (χ4n) is 2.03. The first-order chi connectivity index (χ1) is 11.1. The van der Waals surface area contributed by atoms with Crippen LogP contribution in [0.3, 0.4) is 0 Å². The molecular weight excluding hydrogens is 296 g/mol. The highest BCUT2D eigenvalue weighted by atomic mass is 16.6. The molecule has 0 radical (unpaired) electrons. The van der Waals surface area contributed by atoms with E-state index >= 15 is 0 Å². The van der Waals surface area contributed by atoms with Crippen LogP contribution in [0.15, 0.2) is 64.8 Å². The van der Waals surface area contributed by atoms with Crippen LogP contribution in [0, 0.1) is 10.1 Å². The first kappa shape index (κ1) is 14.4. The van der Waals surface area contributed by atoms with Crippen LogP contribution in [0.1, 0.15) is 0 Å². The van der Waals surface area contributed by atoms with Crippen LogP contribution in [0.25, 0.3) is 11.3 Å². The van der Waals surface area contributed by atoms with Crippen molar-refractivity contribution in [3.8, 4) is 11.3 Å². The molecule has 0 aliphatic carbocycles. The maximum atomic E-state index is 10.8. The Kier molecular flexibility index (Phi) is 3.79. The number of nitrogens with two attached hydrogens (primary N) is 1. The number of nitrogens with one attached hydrogen (secondary N) is 1. The van der Waals surface area contributed by atoms with Crippen LogP contribution < -0.4 is 5.73 Å². The Labute approximate surface area is 130 Å². The number of H-pyrrole nitrogens is 1. The van der Waals surface area contributed by atoms with Crippen molar-refractivity contribution in [3.63, 3.8) is 0 Å². The Morgan fingerprint density at radius 1 is 1.09 bits per heavy atom. The summed E-state index contributed by atoms with van der Waals surface area (Å²) in [5.74, 6) is 0.207. The molecule has 3 aromatic rings. The molecule has 3 rings (SSSR count). The molecule has 0 aliphatic heterocycles. The molecule has 8 heteroatoms. The van der Waals surface area contributed by atoms with Crippen LogP contribution in [-0.2, 0) is 0 Å². The molecule has 1 aromatic heterocycles. The van der Waals surface area contributed by atoms with Gasteiger partial charge in [-0.3, -0.25) is 15.2 Å². The molecule has 0 aliphatic rings. The van der Waals surface area contributed by atoms with Crippen LogP contribution in [0.4, 0.5) is 22.9 Å². The summed E-state index contributed by atoms with van der Waals surface area (Å²) in [4.78, 5) is 10.3. The Morgan fingerprint density at radius 2 is 1.87 bits per heavy atom. The SMILES string of the molecule is Nc1n[nH]c(-c2ccccc2)c1N=Nc1cccc([N+](=O)[O-])c1. The largest absolute Gasteiger partial charge is 0.380 e. The summed E-state index contributed by atoms with van der Waals surface area (Å²) in [6, 6.07) is 15.3. The lowest BCUT2D eigenvalue weighted by molar-refractivity contribution is -0.384. The monoisotopic (exact) mass is 308 g/mol. The van der Waals surface area contributed by atoms with Gasteiger partial charge in [-0.1, -0.05) is 36.4 Å². The minimum absolute atomic E-state index is 0.0510. The number of benzene rings is 2. The number of hydrogen-bond donors (Lipinski definition) is 2. The number of non-ortho nitro benzene ring substituents is 1. The number of aromatic amines is 1. The quantitative estimate of drug-likeness (QED) is 0.429. The lowest BCUT2D eigenvalue weighted by Crippen LogP contribution is -1.86. The third kappa shape index (κ3) is 3.05. The van der Waals surface area contributed by atoms with Gasteiger partial charge in [-0.2, -0.15) is 10.2 Å². The van der Waals surface area contributed by atoms with Crippen LogP contribution in [0.2, 0.25) is 0 Å². The summed E-state index contributed by atoms with van der Waals surface area (Å²) >= 11 is 0. The molecule has 0 atom stereocenters. The zero-order chi connectivity index (χ0) is 16.2. The second-order valence-corrected chi connectivity index (χ2v) is 4.68. The predicted molar refractivity (Wildman–Crippen MR) is 85.7 cm³/mol. The third-order valence-electron chi connectivity index (χ3n) is 3.14. The van der Waals surface area contributed by atoms with Crippen LogP contribution in [-0.4, -0.2) is 15.1 Å². The van der Waals surface area contributed by atoms with Crippen molar-refractivity contribution in [2.75, 3.05) is 5.73 Å². The molecule has 0 amide bonds. The zero-order valence-electron chi connectivity index (χ0n) is 11.9. The van der Waals surface area contributed by atoms with Gasteiger partial charge in [0.15, 0.2) is 11.5 Å². The fraction of sp³-hybridized carbons (Fsp3) is 0. The van der Waals surface area contributed by atoms with Gasteiger partial charge in [0.1, 0.15) is 0 Å². The average molecular weight is 308 g/mol. The third-order valence-corrected chi connectivity index (χ3v) is 3.14. The number of nitro benzene ring substituents is 1. The Balaban J connectivity index is 1.96. The molecule has 23 heavy (non-hydrogen) atoms. The molecule has 0 saturated heterocycles. The molecule has 0 spiro atoms. The van der Waals surface area contributed by atoms with Gasteiger partial charge in [-0.15, -0.1) is 5.11 Å². The van der Waals surface area contributed by atoms with E-state index in [9.17, 15) is 10.1 Å². The molecule has 0 unspecified atom stereocenters. The number of nitrogen functional groups attached to an aromatic ring is 1. The molecule has 0 fully saturated rings. The van der Waals surface area contributed by atoms with E-state index in [0.717, 1.165) is 5.56 Å². The van der Waals surface area contributed by atoms with Crippen molar-refractivity contribution in [3.05, 3.63) is 64.7 Å². The number of nitrogens with zero attached hydrogens (tertiary/aromatic N) is 4. The molecule has 2 aromatic carbocycles. The highest BCUT2D eigenvalue weighted by molar-refractivity contribution is 5.79. The van der Waals surface area contributed by atoms with E-state index in [-0.39, 0.29) is 11.5 Å². The van der Waals surface area contributed by atoms with E-state index in [1.54, 1.807) is 12.1 Å². The van der Waals surface area contributed by atoms with Gasteiger partial charge in [0.05, 0.1) is 16.3 Å². The second kappa shape index (κ2) is 6.06. The molecule has 3 N–H and O–H groups in total. The van der Waals surface area contributed by atoms with E-state index in [4.69, 9.17) is 5.73 Å². The van der Waals surface area contributed by atoms with Crippen molar-refractivity contribution in [2.24, 2.45) is 10.2 Å². The highest BCUT2D eigenvalue weighted by Crippen LogP contribution is 2.34. The van der Waals surface area contributed by atoms with Crippen molar-refractivity contribution in [2.45, 2.75) is 0 Å². The Morgan fingerprint density at radius 3 is 2.61 bits per heavy atom. The van der Waals surface area contributed by atoms with Gasteiger partial charge in [0.25, 0.3) is 5.69 Å². The standard InChI is InChI=1S/C15H12N6O2/c16-15-14(13(18-20-15)10-5-2-1-3-6-10)19-17-11-7-4-8-12(9-11)21(22)23/h1-9H,(H3,16,18,20). The summed E-state index contributed by atoms with van der Waals surface area (Å²) in [6.45, 7) is 0. The van der Waals surface area contributed by atoms with Gasteiger partial charge >= 0.3 is 0 Å². The average Bonchev–Trinajstić information content (AvgIpc) is 2.95. The minimum Gasteiger partial charge on any atom is -0.380 e. The van der Waals surface area contributed by atoms with E-state index in [1.165, 1.54) is 12.1 Å². The minimum atomic E-state index is -0.485. The number of azo groups is 1. The second-order valence-electron chi connectivity index (χ2n) is 4.68. The fourth-order valence-corrected chi connectivity index (χ4v) is 2.03. The summed E-state index contributed by atoms with van der Waals surface area (Å²) in [5, 5.41) is 25.7. The maximum absolute atomic E-state index is 10.8. The lowest BCUT2D eigenvalue weighted by atomic mass is 10.1. The molecule has 114 valence electrons. The molecule has 0 saturated carbocycles. The lowest BCUT2D eigenvalue weighted by Gasteiger charge is -1.98. The topological polar surface area (TPSA) is 123 Å². The molecule has 1 heterocycles. The number of rotatable bonds is 4. The Bertz CT molecular complexity index is 873. The van der Waals surface area contributed by atoms with Crippen molar-refractivity contribution in [1.29, 1.82) is 0 Å². The van der Waals surface area contributed by atoms with Gasteiger partial charge in [0, 0.05) is 17.7 Å². The van der Waals surface area contributed by atoms with Crippen molar-refractivity contribution < 1.29 is 4.92 Å². The zero-order valence-corrected chi connectivity index (χ0v) is 11.9. The highest BCUT2D eigenvalue weighted by Gasteiger charge is 2.12. The van der Waals surface area contributed by atoms with Gasteiger partial charge in [0.2, 0.25) is 0 Å². The van der Waals surface area contributed by atoms with E-state index < -0.39 is 4.92 Å². The molecule has 8 nitrogen and oxygen atoms in total. The summed E-state index contributed by atoms with van der Waals surface area (Å²) in [7, 11) is 0. The summed E-state index contributed by atoms with van der Waals surface area (Å²) in [5.41, 5.74) is 8.02. The Hall–Kier alpha value is -3.55. The number of nitro groups is 1. The van der Waals surface area contributed by atoms with Gasteiger partial charge in [-0.25, -0.2) is 0 Å². The van der Waals surface area contributed by atoms with E-state index in [2.05, 4.69) is 20.4 Å². The van der Waals surface area contributed by atoms with Crippen LogP contribution >= 0.6 is 0 Å². The van der Waals surface area contributed by atoms with Crippen LogP contribution in [0.5, 0.6) is 0 Å². The number of aromatic nitrogens is 2. The normalized spacial score (nSPS) is 11.0. The first-order valence-corrected chi connectivity index (χ1v) is 6.70. The molecular formula is C15H12N6O2. The van der Waals surface area contributed by atoms with Gasteiger partial charge < -0.3 is 5.73 Å². The van der Waals surface area contributed by atoms with E-state index in [0.29, 0.717) is 17.1 Å². The predicted octanol–water partition coefficient (Wildman–Crippen LogP) is 3.98. The number of hydrogen-bond acceptors (Lipinski definition) is 6. The number of anilines is 1. The summed E-state index contributed by atoms with van der Waals surface area (Å²) in [6.07, 6.45) is 0. The smallest absolute Gasteiger partial charge is 0.271 e. The van der Waals surface area contributed by atoms with Gasteiger partial charge in [-0.05, 0) is 6.07 Å². The maximum Gasteiger partial charge on any atom is 0.271 e. The summed E-state index contributed by atoms with van der Waals surface area (Å²) < 4.78 is 0. The van der Waals surface area contributed by atoms with Crippen molar-refractivity contribution >= 4 is 22.9 Å².